The second-order valence-electron chi connectivity index (χ2n) is 4.77. The maximum absolute atomic E-state index is 13.0. The van der Waals surface area contributed by atoms with Crippen LogP contribution in [0.2, 0.25) is 15.1 Å². The Labute approximate surface area is 154 Å². The Morgan fingerprint density at radius 3 is 2.17 bits per heavy atom. The van der Waals surface area contributed by atoms with Crippen molar-refractivity contribution in [3.8, 4) is 0 Å². The number of sulfonamides is 1. The molecule has 2 rings (SSSR count). The van der Waals surface area contributed by atoms with Crippen molar-refractivity contribution in [3.05, 3.63) is 57.5 Å². The summed E-state index contributed by atoms with van der Waals surface area (Å²) in [6.07, 6.45) is -0.375. The van der Waals surface area contributed by atoms with Crippen molar-refractivity contribution in [1.82, 2.24) is 0 Å². The first kappa shape index (κ1) is 18.9. The van der Waals surface area contributed by atoms with Gasteiger partial charge in [0, 0.05) is 16.6 Å². The quantitative estimate of drug-likeness (QED) is 0.772. The molecular weight excluding hydrogens is 397 g/mol. The molecule has 0 bridgehead atoms. The van der Waals surface area contributed by atoms with Crippen LogP contribution in [0.4, 0.5) is 5.69 Å². The van der Waals surface area contributed by atoms with E-state index in [4.69, 9.17) is 39.9 Å². The number of benzene rings is 2. The maximum Gasteiger partial charge on any atom is 0.305 e. The summed E-state index contributed by atoms with van der Waals surface area (Å²) in [4.78, 5) is 10.7. The molecule has 5 nitrogen and oxygen atoms in total. The lowest BCUT2D eigenvalue weighted by Gasteiger charge is -2.24. The van der Waals surface area contributed by atoms with Crippen LogP contribution < -0.4 is 4.31 Å². The van der Waals surface area contributed by atoms with Crippen molar-refractivity contribution in [3.63, 3.8) is 0 Å². The third-order valence-electron chi connectivity index (χ3n) is 3.10. The van der Waals surface area contributed by atoms with Crippen molar-refractivity contribution in [1.29, 1.82) is 0 Å². The highest BCUT2D eigenvalue weighted by atomic mass is 35.5. The highest BCUT2D eigenvalue weighted by Gasteiger charge is 2.28. The highest BCUT2D eigenvalue weighted by molar-refractivity contribution is 7.93. The minimum Gasteiger partial charge on any atom is -0.481 e. The normalized spacial score (nSPS) is 11.3. The topological polar surface area (TPSA) is 74.7 Å². The van der Waals surface area contributed by atoms with Gasteiger partial charge in [-0.25, -0.2) is 8.42 Å². The van der Waals surface area contributed by atoms with Crippen LogP contribution in [0.25, 0.3) is 0 Å². The Morgan fingerprint density at radius 2 is 1.58 bits per heavy atom. The van der Waals surface area contributed by atoms with E-state index in [-0.39, 0.29) is 33.6 Å². The smallest absolute Gasteiger partial charge is 0.305 e. The standard InChI is InChI=1S/C15H12Cl3NO4S/c16-10-1-4-12(5-2-10)19(8-7-15(20)21)24(22,23)14-9-11(17)3-6-13(14)18/h1-6,9H,7-8H2,(H,20,21). The van der Waals surface area contributed by atoms with E-state index in [9.17, 15) is 13.2 Å². The Hall–Kier alpha value is -1.47. The molecule has 1 N–H and O–H groups in total. The van der Waals surface area contributed by atoms with Crippen LogP contribution in [-0.4, -0.2) is 26.0 Å². The van der Waals surface area contributed by atoms with Gasteiger partial charge in [0.1, 0.15) is 4.90 Å². The molecule has 2 aromatic carbocycles. The molecule has 0 saturated heterocycles. The lowest BCUT2D eigenvalue weighted by molar-refractivity contribution is -0.136. The van der Waals surface area contributed by atoms with Gasteiger partial charge in [-0.3, -0.25) is 9.10 Å². The number of aliphatic carboxylic acids is 1. The van der Waals surface area contributed by atoms with E-state index in [1.807, 2.05) is 0 Å². The van der Waals surface area contributed by atoms with Gasteiger partial charge in [0.25, 0.3) is 10.0 Å². The maximum atomic E-state index is 13.0. The van der Waals surface area contributed by atoms with Gasteiger partial charge in [0.15, 0.2) is 0 Å². The zero-order valence-electron chi connectivity index (χ0n) is 12.1. The first-order chi connectivity index (χ1) is 11.2. The molecule has 24 heavy (non-hydrogen) atoms. The van der Waals surface area contributed by atoms with Crippen molar-refractivity contribution >= 4 is 56.5 Å². The van der Waals surface area contributed by atoms with E-state index >= 15 is 0 Å². The number of halogens is 3. The summed E-state index contributed by atoms with van der Waals surface area (Å²) in [5.41, 5.74) is 0.275. The number of carboxylic acid groups (broad SMARTS) is 1. The number of anilines is 1. The van der Waals surface area contributed by atoms with Crippen LogP contribution in [0.5, 0.6) is 0 Å². The number of hydrogen-bond acceptors (Lipinski definition) is 3. The average molecular weight is 409 g/mol. The van der Waals surface area contributed by atoms with Gasteiger partial charge in [0.2, 0.25) is 0 Å². The van der Waals surface area contributed by atoms with Crippen molar-refractivity contribution in [2.75, 3.05) is 10.8 Å². The minimum absolute atomic E-state index is 0.00584. The summed E-state index contributed by atoms with van der Waals surface area (Å²) < 4.78 is 26.9. The molecule has 0 fully saturated rings. The fourth-order valence-corrected chi connectivity index (χ4v) is 4.32. The molecule has 0 atom stereocenters. The summed E-state index contributed by atoms with van der Waals surface area (Å²) in [7, 11) is -4.11. The summed E-state index contributed by atoms with van der Waals surface area (Å²) in [5, 5.41) is 9.52. The molecule has 0 saturated carbocycles. The highest BCUT2D eigenvalue weighted by Crippen LogP contribution is 2.31. The molecule has 0 unspecified atom stereocenters. The monoisotopic (exact) mass is 407 g/mol. The number of hydrogen-bond donors (Lipinski definition) is 1. The third kappa shape index (κ3) is 4.33. The van der Waals surface area contributed by atoms with Crippen molar-refractivity contribution in [2.45, 2.75) is 11.3 Å². The molecule has 9 heteroatoms. The number of rotatable bonds is 6. The van der Waals surface area contributed by atoms with Gasteiger partial charge in [-0.15, -0.1) is 0 Å². The zero-order valence-corrected chi connectivity index (χ0v) is 15.2. The first-order valence-electron chi connectivity index (χ1n) is 6.67. The van der Waals surface area contributed by atoms with Gasteiger partial charge in [-0.2, -0.15) is 0 Å². The van der Waals surface area contributed by atoms with Gasteiger partial charge in [-0.1, -0.05) is 34.8 Å². The Morgan fingerprint density at radius 1 is 1.00 bits per heavy atom. The number of carbonyl (C=O) groups is 1. The van der Waals surface area contributed by atoms with Gasteiger partial charge in [-0.05, 0) is 42.5 Å². The fraction of sp³-hybridized carbons (Fsp3) is 0.133. The predicted molar refractivity (Wildman–Crippen MR) is 94.7 cm³/mol. The Bertz CT molecular complexity index is 854. The Kier molecular flexibility index (Phi) is 5.98. The number of nitrogens with zero attached hydrogens (tertiary/aromatic N) is 1. The van der Waals surface area contributed by atoms with E-state index < -0.39 is 16.0 Å². The van der Waals surface area contributed by atoms with Crippen LogP contribution in [0.15, 0.2) is 47.4 Å². The summed E-state index contributed by atoms with van der Waals surface area (Å²) in [6, 6.07) is 10.1. The van der Waals surface area contributed by atoms with E-state index in [0.29, 0.717) is 5.02 Å². The minimum atomic E-state index is -4.11. The molecule has 0 aliphatic rings. The fourth-order valence-electron chi connectivity index (χ4n) is 1.99. The largest absolute Gasteiger partial charge is 0.481 e. The molecule has 0 aliphatic carbocycles. The summed E-state index contributed by atoms with van der Waals surface area (Å²) in [5.74, 6) is -1.12. The molecule has 0 spiro atoms. The van der Waals surface area contributed by atoms with Crippen LogP contribution >= 0.6 is 34.8 Å². The van der Waals surface area contributed by atoms with Gasteiger partial charge >= 0.3 is 5.97 Å². The third-order valence-corrected chi connectivity index (χ3v) is 5.90. The SMILES string of the molecule is O=C(O)CCN(c1ccc(Cl)cc1)S(=O)(=O)c1cc(Cl)ccc1Cl. The van der Waals surface area contributed by atoms with Crippen LogP contribution in [-0.2, 0) is 14.8 Å². The van der Waals surface area contributed by atoms with Crippen molar-refractivity contribution in [2.24, 2.45) is 0 Å². The van der Waals surface area contributed by atoms with Crippen molar-refractivity contribution < 1.29 is 18.3 Å². The second-order valence-corrected chi connectivity index (χ2v) is 7.88. The average Bonchev–Trinajstić information content (AvgIpc) is 2.51. The molecule has 128 valence electrons. The van der Waals surface area contributed by atoms with Crippen LogP contribution in [0.1, 0.15) is 6.42 Å². The second kappa shape index (κ2) is 7.61. The Balaban J connectivity index is 2.54. The molecule has 0 aromatic heterocycles. The van der Waals surface area contributed by atoms with E-state index in [2.05, 4.69) is 0 Å². The molecule has 0 amide bonds. The van der Waals surface area contributed by atoms with Crippen LogP contribution in [0, 0.1) is 0 Å². The van der Waals surface area contributed by atoms with Crippen LogP contribution in [0.3, 0.4) is 0 Å². The molecule has 0 heterocycles. The van der Waals surface area contributed by atoms with E-state index in [1.54, 1.807) is 0 Å². The lowest BCUT2D eigenvalue weighted by Crippen LogP contribution is -2.33. The lowest BCUT2D eigenvalue weighted by atomic mass is 10.3. The summed E-state index contributed by atoms with van der Waals surface area (Å²) >= 11 is 17.7. The summed E-state index contributed by atoms with van der Waals surface area (Å²) in [6.45, 7) is -0.262. The molecular formula is C15H12Cl3NO4S. The van der Waals surface area contributed by atoms with E-state index in [0.717, 1.165) is 4.31 Å². The zero-order chi connectivity index (χ0) is 17.9. The molecule has 0 aliphatic heterocycles. The van der Waals surface area contributed by atoms with Gasteiger partial charge < -0.3 is 5.11 Å². The number of carboxylic acids is 1. The first-order valence-corrected chi connectivity index (χ1v) is 9.24. The molecule has 0 radical (unpaired) electrons. The van der Waals surface area contributed by atoms with Gasteiger partial charge in [0.05, 0.1) is 17.1 Å². The predicted octanol–water partition coefficient (Wildman–Crippen LogP) is 4.32. The molecule has 2 aromatic rings. The van der Waals surface area contributed by atoms with E-state index in [1.165, 1.54) is 42.5 Å².